The van der Waals surface area contributed by atoms with Crippen LogP contribution in [0.5, 0.6) is 0 Å². The molecule has 4 nitrogen and oxygen atoms in total. The Kier molecular flexibility index (Phi) is 4.11. The second-order valence-corrected chi connectivity index (χ2v) is 9.34. The maximum absolute atomic E-state index is 13.4. The van der Waals surface area contributed by atoms with Crippen LogP contribution in [0.4, 0.5) is 0 Å². The summed E-state index contributed by atoms with van der Waals surface area (Å²) in [6, 6.07) is 2.43. The summed E-state index contributed by atoms with van der Waals surface area (Å²) in [7, 11) is 0. The van der Waals surface area contributed by atoms with Crippen molar-refractivity contribution in [2.24, 2.45) is 29.1 Å². The van der Waals surface area contributed by atoms with Gasteiger partial charge in [-0.3, -0.25) is 9.69 Å². The molecular formula is C20H31N3O. The van der Waals surface area contributed by atoms with Gasteiger partial charge in [-0.15, -0.1) is 0 Å². The molecule has 1 heterocycles. The quantitative estimate of drug-likeness (QED) is 0.800. The third-order valence-corrected chi connectivity index (χ3v) is 7.25. The van der Waals surface area contributed by atoms with Crippen LogP contribution in [0.1, 0.15) is 52.4 Å². The summed E-state index contributed by atoms with van der Waals surface area (Å²) < 4.78 is 0. The average molecular weight is 329 g/mol. The van der Waals surface area contributed by atoms with Crippen molar-refractivity contribution in [2.75, 3.05) is 26.2 Å². The van der Waals surface area contributed by atoms with Gasteiger partial charge in [-0.2, -0.15) is 5.26 Å². The molecule has 5 fully saturated rings. The molecule has 4 heteroatoms. The highest BCUT2D eigenvalue weighted by molar-refractivity contribution is 5.83. The number of hydrogen-bond donors (Lipinski definition) is 0. The summed E-state index contributed by atoms with van der Waals surface area (Å²) in [6.07, 6.45) is 7.64. The normalized spacial score (nSPS) is 39.9. The van der Waals surface area contributed by atoms with E-state index in [2.05, 4.69) is 29.7 Å². The van der Waals surface area contributed by atoms with Crippen molar-refractivity contribution in [2.45, 2.75) is 58.4 Å². The van der Waals surface area contributed by atoms with Gasteiger partial charge >= 0.3 is 0 Å². The van der Waals surface area contributed by atoms with Crippen LogP contribution in [0.3, 0.4) is 0 Å². The van der Waals surface area contributed by atoms with Gasteiger partial charge in [0.2, 0.25) is 5.91 Å². The Morgan fingerprint density at radius 3 is 1.92 bits per heavy atom. The predicted octanol–water partition coefficient (Wildman–Crippen LogP) is 2.90. The molecule has 1 saturated heterocycles. The SMILES string of the molecule is CC(C)[C@@H](C#N)N1CCN(C(=O)C23CC4CC(CC(C4)C2)C3)CC1. The zero-order valence-corrected chi connectivity index (χ0v) is 15.2. The van der Waals surface area contributed by atoms with E-state index in [-0.39, 0.29) is 11.5 Å². The second kappa shape index (κ2) is 6.02. The van der Waals surface area contributed by atoms with Gasteiger partial charge in [-0.05, 0) is 62.2 Å². The first-order valence-electron chi connectivity index (χ1n) is 9.94. The summed E-state index contributed by atoms with van der Waals surface area (Å²) in [5, 5.41) is 9.41. The molecule has 132 valence electrons. The minimum atomic E-state index is -0.0122. The molecule has 5 aliphatic rings. The van der Waals surface area contributed by atoms with E-state index in [4.69, 9.17) is 0 Å². The van der Waals surface area contributed by atoms with Crippen LogP contribution in [0.15, 0.2) is 0 Å². The van der Waals surface area contributed by atoms with E-state index in [1.807, 2.05) is 0 Å². The monoisotopic (exact) mass is 329 g/mol. The van der Waals surface area contributed by atoms with Crippen molar-refractivity contribution in [3.63, 3.8) is 0 Å². The largest absolute Gasteiger partial charge is 0.340 e. The smallest absolute Gasteiger partial charge is 0.228 e. The number of hydrogen-bond acceptors (Lipinski definition) is 3. The fourth-order valence-electron chi connectivity index (χ4n) is 6.56. The van der Waals surface area contributed by atoms with Gasteiger partial charge in [0.1, 0.15) is 6.04 Å². The summed E-state index contributed by atoms with van der Waals surface area (Å²) in [4.78, 5) is 17.8. The third kappa shape index (κ3) is 2.65. The van der Waals surface area contributed by atoms with Crippen LogP contribution >= 0.6 is 0 Å². The molecule has 1 aliphatic heterocycles. The molecule has 0 aromatic rings. The lowest BCUT2D eigenvalue weighted by atomic mass is 9.49. The molecule has 0 radical (unpaired) electrons. The highest BCUT2D eigenvalue weighted by atomic mass is 16.2. The van der Waals surface area contributed by atoms with E-state index in [0.29, 0.717) is 11.8 Å². The molecular weight excluding hydrogens is 298 g/mol. The molecule has 4 saturated carbocycles. The molecule has 1 atom stereocenters. The predicted molar refractivity (Wildman–Crippen MR) is 93.0 cm³/mol. The molecule has 0 aromatic heterocycles. The zero-order chi connectivity index (χ0) is 16.9. The van der Waals surface area contributed by atoms with E-state index < -0.39 is 0 Å². The highest BCUT2D eigenvalue weighted by Crippen LogP contribution is 2.60. The summed E-state index contributed by atoms with van der Waals surface area (Å²) in [5.74, 6) is 3.28. The topological polar surface area (TPSA) is 47.3 Å². The van der Waals surface area contributed by atoms with Gasteiger partial charge in [-0.1, -0.05) is 13.8 Å². The number of carbonyl (C=O) groups excluding carboxylic acids is 1. The number of rotatable bonds is 3. The Hall–Kier alpha value is -1.08. The minimum absolute atomic E-state index is 0.0103. The summed E-state index contributed by atoms with van der Waals surface area (Å²) in [6.45, 7) is 7.56. The van der Waals surface area contributed by atoms with Crippen LogP contribution in [-0.4, -0.2) is 47.9 Å². The van der Waals surface area contributed by atoms with E-state index >= 15 is 0 Å². The van der Waals surface area contributed by atoms with Gasteiger partial charge in [0, 0.05) is 26.2 Å². The van der Waals surface area contributed by atoms with E-state index in [9.17, 15) is 10.1 Å². The molecule has 4 bridgehead atoms. The number of carbonyl (C=O) groups is 1. The Labute approximate surface area is 146 Å². The summed E-state index contributed by atoms with van der Waals surface area (Å²) >= 11 is 0. The number of piperazine rings is 1. The molecule has 0 N–H and O–H groups in total. The van der Waals surface area contributed by atoms with Gasteiger partial charge < -0.3 is 4.90 Å². The molecule has 0 unspecified atom stereocenters. The summed E-state index contributed by atoms with van der Waals surface area (Å²) in [5.41, 5.74) is -0.0103. The number of nitriles is 1. The van der Waals surface area contributed by atoms with Crippen molar-refractivity contribution in [3.05, 3.63) is 0 Å². The first-order valence-corrected chi connectivity index (χ1v) is 9.94. The van der Waals surface area contributed by atoms with Crippen LogP contribution in [0.25, 0.3) is 0 Å². The van der Waals surface area contributed by atoms with Crippen molar-refractivity contribution in [3.8, 4) is 6.07 Å². The molecule has 0 aromatic carbocycles. The van der Waals surface area contributed by atoms with Crippen LogP contribution < -0.4 is 0 Å². The van der Waals surface area contributed by atoms with Crippen molar-refractivity contribution < 1.29 is 4.79 Å². The van der Waals surface area contributed by atoms with Gasteiger partial charge in [0.15, 0.2) is 0 Å². The van der Waals surface area contributed by atoms with Gasteiger partial charge in [-0.25, -0.2) is 0 Å². The molecule has 1 amide bonds. The lowest BCUT2D eigenvalue weighted by Gasteiger charge is -2.57. The first-order chi connectivity index (χ1) is 11.5. The van der Waals surface area contributed by atoms with Crippen molar-refractivity contribution in [1.29, 1.82) is 5.26 Å². The standard InChI is InChI=1S/C20H31N3O/c1-14(2)18(13-21)22-3-5-23(6-4-22)19(24)20-10-15-7-16(11-20)9-17(8-15)12-20/h14-18H,3-12H2,1-2H3/t15?,16?,17?,18-,20?/m1/s1. The molecule has 4 aliphatic carbocycles. The van der Waals surface area contributed by atoms with E-state index in [1.165, 1.54) is 19.3 Å². The van der Waals surface area contributed by atoms with Crippen molar-refractivity contribution >= 4 is 5.91 Å². The zero-order valence-electron chi connectivity index (χ0n) is 15.2. The number of amides is 1. The maximum Gasteiger partial charge on any atom is 0.228 e. The van der Waals surface area contributed by atoms with Crippen LogP contribution in [0, 0.1) is 40.4 Å². The Bertz CT molecular complexity index is 506. The molecule has 24 heavy (non-hydrogen) atoms. The van der Waals surface area contributed by atoms with Crippen LogP contribution in [-0.2, 0) is 4.79 Å². The second-order valence-electron chi connectivity index (χ2n) is 9.34. The maximum atomic E-state index is 13.4. The first kappa shape index (κ1) is 16.4. The van der Waals surface area contributed by atoms with E-state index in [1.54, 1.807) is 0 Å². The highest BCUT2D eigenvalue weighted by Gasteiger charge is 2.55. The van der Waals surface area contributed by atoms with Crippen molar-refractivity contribution in [1.82, 2.24) is 9.80 Å². The fourth-order valence-corrected chi connectivity index (χ4v) is 6.56. The molecule has 5 rings (SSSR count). The Morgan fingerprint density at radius 1 is 1.00 bits per heavy atom. The third-order valence-electron chi connectivity index (χ3n) is 7.25. The van der Waals surface area contributed by atoms with Gasteiger partial charge in [0.25, 0.3) is 0 Å². The Morgan fingerprint density at radius 2 is 1.50 bits per heavy atom. The number of nitrogens with zero attached hydrogens (tertiary/aromatic N) is 3. The Balaban J connectivity index is 1.41. The van der Waals surface area contributed by atoms with Crippen LogP contribution in [0.2, 0.25) is 0 Å². The van der Waals surface area contributed by atoms with E-state index in [0.717, 1.165) is 63.2 Å². The fraction of sp³-hybridized carbons (Fsp3) is 0.900. The minimum Gasteiger partial charge on any atom is -0.340 e. The molecule has 0 spiro atoms. The lowest BCUT2D eigenvalue weighted by Crippen LogP contribution is -2.59. The lowest BCUT2D eigenvalue weighted by molar-refractivity contribution is -0.159. The van der Waals surface area contributed by atoms with Gasteiger partial charge in [0.05, 0.1) is 11.5 Å². The average Bonchev–Trinajstić information content (AvgIpc) is 2.54.